The zero-order valence-electron chi connectivity index (χ0n) is 11.3. The van der Waals surface area contributed by atoms with Crippen LogP contribution in [0.4, 0.5) is 11.4 Å². The second-order valence-electron chi connectivity index (χ2n) is 4.28. The van der Waals surface area contributed by atoms with E-state index in [9.17, 15) is 4.79 Å². The average molecular weight is 266 g/mol. The predicted octanol–water partition coefficient (Wildman–Crippen LogP) is 1.22. The van der Waals surface area contributed by atoms with Crippen LogP contribution in [-0.2, 0) is 4.79 Å². The molecule has 1 rings (SSSR count). The number of carbonyl (C=O) groups is 1. The van der Waals surface area contributed by atoms with E-state index in [1.165, 1.54) is 0 Å². The lowest BCUT2D eigenvalue weighted by Crippen LogP contribution is -2.29. The minimum absolute atomic E-state index is 0.00415. The molecule has 0 saturated carbocycles. The summed E-state index contributed by atoms with van der Waals surface area (Å²) in [7, 11) is 0. The number of carbonyl (C=O) groups excluding carboxylic acids is 1. The highest BCUT2D eigenvalue weighted by Crippen LogP contribution is 2.19. The first-order valence-electron chi connectivity index (χ1n) is 6.57. The summed E-state index contributed by atoms with van der Waals surface area (Å²) in [5.74, 6) is -0.00415. The molecule has 0 radical (unpaired) electrons. The molecule has 0 saturated heterocycles. The van der Waals surface area contributed by atoms with Crippen LogP contribution in [-0.4, -0.2) is 42.4 Å². The minimum atomic E-state index is -0.00415. The third-order valence-electron chi connectivity index (χ3n) is 2.71. The number of anilines is 2. The number of hydrogen-bond acceptors (Lipinski definition) is 4. The van der Waals surface area contributed by atoms with Crippen LogP contribution in [0.5, 0.6) is 0 Å². The number of aliphatic hydroxyl groups excluding tert-OH is 2. The molecule has 0 aliphatic carbocycles. The Kier molecular flexibility index (Phi) is 6.92. The topological polar surface area (TPSA) is 72.8 Å². The number of benzene rings is 1. The van der Waals surface area contributed by atoms with Gasteiger partial charge < -0.3 is 20.4 Å². The van der Waals surface area contributed by atoms with Crippen molar-refractivity contribution < 1.29 is 15.0 Å². The van der Waals surface area contributed by atoms with Crippen molar-refractivity contribution in [2.45, 2.75) is 19.8 Å². The fourth-order valence-corrected chi connectivity index (χ4v) is 1.84. The van der Waals surface area contributed by atoms with E-state index in [1.54, 1.807) is 0 Å². The van der Waals surface area contributed by atoms with E-state index < -0.39 is 0 Å². The molecule has 0 unspecified atom stereocenters. The maximum atomic E-state index is 11.5. The largest absolute Gasteiger partial charge is 0.395 e. The lowest BCUT2D eigenvalue weighted by atomic mass is 10.2. The Hall–Kier alpha value is -1.59. The molecule has 1 aromatic rings. The number of aliphatic hydroxyl groups is 2. The summed E-state index contributed by atoms with van der Waals surface area (Å²) in [6.45, 7) is 2.90. The van der Waals surface area contributed by atoms with Crippen LogP contribution in [0.1, 0.15) is 19.8 Å². The maximum Gasteiger partial charge on any atom is 0.224 e. The Morgan fingerprint density at radius 2 is 1.95 bits per heavy atom. The Bertz CT molecular complexity index is 390. The Morgan fingerprint density at radius 1 is 1.26 bits per heavy atom. The quantitative estimate of drug-likeness (QED) is 0.661. The molecule has 0 atom stereocenters. The van der Waals surface area contributed by atoms with Crippen molar-refractivity contribution in [1.82, 2.24) is 0 Å². The first kappa shape index (κ1) is 15.5. The molecule has 0 bridgehead atoms. The van der Waals surface area contributed by atoms with E-state index in [0.29, 0.717) is 19.5 Å². The highest BCUT2D eigenvalue weighted by Gasteiger charge is 2.07. The highest BCUT2D eigenvalue weighted by atomic mass is 16.3. The molecule has 0 aliphatic heterocycles. The molecule has 5 nitrogen and oxygen atoms in total. The molecule has 0 aliphatic rings. The van der Waals surface area contributed by atoms with Crippen LogP contribution < -0.4 is 10.2 Å². The van der Waals surface area contributed by atoms with Crippen LogP contribution in [0.2, 0.25) is 0 Å². The lowest BCUT2D eigenvalue weighted by molar-refractivity contribution is -0.116. The van der Waals surface area contributed by atoms with Gasteiger partial charge in [0.1, 0.15) is 0 Å². The molecule has 19 heavy (non-hydrogen) atoms. The van der Waals surface area contributed by atoms with E-state index >= 15 is 0 Å². The fraction of sp³-hybridized carbons (Fsp3) is 0.500. The van der Waals surface area contributed by atoms with Crippen molar-refractivity contribution >= 4 is 17.3 Å². The summed E-state index contributed by atoms with van der Waals surface area (Å²) >= 11 is 0. The predicted molar refractivity (Wildman–Crippen MR) is 76.4 cm³/mol. The molecule has 0 heterocycles. The van der Waals surface area contributed by atoms with E-state index in [1.807, 2.05) is 36.1 Å². The summed E-state index contributed by atoms with van der Waals surface area (Å²) in [4.78, 5) is 13.4. The molecular formula is C14H22N2O3. The minimum Gasteiger partial charge on any atom is -0.395 e. The van der Waals surface area contributed by atoms with Gasteiger partial charge >= 0.3 is 0 Å². The third kappa shape index (κ3) is 5.28. The van der Waals surface area contributed by atoms with Crippen molar-refractivity contribution in [3.05, 3.63) is 24.3 Å². The fourth-order valence-electron chi connectivity index (χ4n) is 1.84. The Labute approximate surface area is 113 Å². The molecule has 0 fully saturated rings. The number of hydrogen-bond donors (Lipinski definition) is 3. The molecular weight excluding hydrogens is 244 g/mol. The van der Waals surface area contributed by atoms with Crippen LogP contribution in [0.3, 0.4) is 0 Å². The number of nitrogens with zero attached hydrogens (tertiary/aromatic N) is 1. The normalized spacial score (nSPS) is 10.3. The number of amides is 1. The van der Waals surface area contributed by atoms with E-state index in [-0.39, 0.29) is 19.1 Å². The van der Waals surface area contributed by atoms with Gasteiger partial charge in [-0.05, 0) is 24.6 Å². The maximum absolute atomic E-state index is 11.5. The van der Waals surface area contributed by atoms with Crippen molar-refractivity contribution in [2.75, 3.05) is 36.5 Å². The SMILES string of the molecule is CCCC(=O)Nc1cccc(N(CCO)CCO)c1. The van der Waals surface area contributed by atoms with Crippen LogP contribution in [0.15, 0.2) is 24.3 Å². The zero-order valence-corrected chi connectivity index (χ0v) is 11.3. The summed E-state index contributed by atoms with van der Waals surface area (Å²) < 4.78 is 0. The van der Waals surface area contributed by atoms with Gasteiger partial charge in [0.05, 0.1) is 13.2 Å². The highest BCUT2D eigenvalue weighted by molar-refractivity contribution is 5.91. The molecule has 0 spiro atoms. The van der Waals surface area contributed by atoms with Gasteiger partial charge in [-0.2, -0.15) is 0 Å². The Balaban J connectivity index is 2.76. The van der Waals surface area contributed by atoms with Crippen LogP contribution in [0, 0.1) is 0 Å². The van der Waals surface area contributed by atoms with Gasteiger partial charge in [-0.15, -0.1) is 0 Å². The summed E-state index contributed by atoms with van der Waals surface area (Å²) in [5, 5.41) is 20.9. The van der Waals surface area contributed by atoms with E-state index in [2.05, 4.69) is 5.32 Å². The summed E-state index contributed by atoms with van der Waals surface area (Å²) in [6.07, 6.45) is 1.31. The van der Waals surface area contributed by atoms with Crippen molar-refractivity contribution in [2.24, 2.45) is 0 Å². The van der Waals surface area contributed by atoms with Crippen molar-refractivity contribution in [3.8, 4) is 0 Å². The van der Waals surface area contributed by atoms with Gasteiger partial charge in [-0.3, -0.25) is 4.79 Å². The smallest absolute Gasteiger partial charge is 0.224 e. The standard InChI is InChI=1S/C14H22N2O3/c1-2-4-14(19)15-12-5-3-6-13(11-12)16(7-9-17)8-10-18/h3,5-6,11,17-18H,2,4,7-10H2,1H3,(H,15,19). The molecule has 1 amide bonds. The molecule has 5 heteroatoms. The first-order valence-corrected chi connectivity index (χ1v) is 6.57. The lowest BCUT2D eigenvalue weighted by Gasteiger charge is -2.23. The van der Waals surface area contributed by atoms with Gasteiger partial charge in [0.25, 0.3) is 0 Å². The first-order chi connectivity index (χ1) is 9.21. The van der Waals surface area contributed by atoms with Crippen molar-refractivity contribution in [3.63, 3.8) is 0 Å². The Morgan fingerprint density at radius 3 is 2.53 bits per heavy atom. The molecule has 1 aromatic carbocycles. The monoisotopic (exact) mass is 266 g/mol. The van der Waals surface area contributed by atoms with Crippen LogP contribution >= 0.6 is 0 Å². The van der Waals surface area contributed by atoms with E-state index in [4.69, 9.17) is 10.2 Å². The molecule has 3 N–H and O–H groups in total. The second-order valence-corrected chi connectivity index (χ2v) is 4.28. The summed E-state index contributed by atoms with van der Waals surface area (Å²) in [5.41, 5.74) is 1.61. The van der Waals surface area contributed by atoms with Gasteiger partial charge in [0.15, 0.2) is 0 Å². The van der Waals surface area contributed by atoms with Gasteiger partial charge in [0.2, 0.25) is 5.91 Å². The van der Waals surface area contributed by atoms with Crippen LogP contribution in [0.25, 0.3) is 0 Å². The zero-order chi connectivity index (χ0) is 14.1. The summed E-state index contributed by atoms with van der Waals surface area (Å²) in [6, 6.07) is 7.41. The van der Waals surface area contributed by atoms with Crippen molar-refractivity contribution in [1.29, 1.82) is 0 Å². The van der Waals surface area contributed by atoms with E-state index in [0.717, 1.165) is 17.8 Å². The van der Waals surface area contributed by atoms with Gasteiger partial charge in [0, 0.05) is 30.9 Å². The molecule has 0 aromatic heterocycles. The van der Waals surface area contributed by atoms with Gasteiger partial charge in [-0.1, -0.05) is 13.0 Å². The average Bonchev–Trinajstić information content (AvgIpc) is 2.39. The molecule has 106 valence electrons. The third-order valence-corrected chi connectivity index (χ3v) is 2.71. The number of nitrogens with one attached hydrogen (secondary N) is 1. The van der Waals surface area contributed by atoms with Gasteiger partial charge in [-0.25, -0.2) is 0 Å². The number of rotatable bonds is 8. The second kappa shape index (κ2) is 8.50.